The minimum absolute atomic E-state index is 0. The molecule has 0 aliphatic carbocycles. The maximum absolute atomic E-state index is 12.1. The van der Waals surface area contributed by atoms with Crippen LogP contribution in [0.4, 0.5) is 0 Å². The van der Waals surface area contributed by atoms with Crippen LogP contribution in [0, 0.1) is 5.92 Å². The molecule has 0 spiro atoms. The van der Waals surface area contributed by atoms with Crippen molar-refractivity contribution >= 4 is 35.8 Å². The summed E-state index contributed by atoms with van der Waals surface area (Å²) in [5.74, 6) is 1.52. The van der Waals surface area contributed by atoms with E-state index in [9.17, 15) is 4.79 Å². The molecule has 146 valence electrons. The van der Waals surface area contributed by atoms with Gasteiger partial charge in [-0.2, -0.15) is 0 Å². The highest BCUT2D eigenvalue weighted by atomic mass is 127. The van der Waals surface area contributed by atoms with Crippen LogP contribution in [0.2, 0.25) is 0 Å². The third-order valence-corrected chi connectivity index (χ3v) is 4.57. The van der Waals surface area contributed by atoms with Gasteiger partial charge in [0.2, 0.25) is 5.91 Å². The Morgan fingerprint density at radius 3 is 2.58 bits per heavy atom. The van der Waals surface area contributed by atoms with Crippen molar-refractivity contribution in [2.24, 2.45) is 10.9 Å². The summed E-state index contributed by atoms with van der Waals surface area (Å²) >= 11 is 0. The number of guanidine groups is 1. The lowest BCUT2D eigenvalue weighted by Crippen LogP contribution is -2.45. The number of rotatable bonds is 6. The Morgan fingerprint density at radius 2 is 1.96 bits per heavy atom. The Bertz CT molecular complexity index is 576. The Labute approximate surface area is 175 Å². The summed E-state index contributed by atoms with van der Waals surface area (Å²) < 4.78 is 0. The van der Waals surface area contributed by atoms with E-state index in [1.54, 1.807) is 0 Å². The van der Waals surface area contributed by atoms with Crippen molar-refractivity contribution in [3.8, 4) is 0 Å². The van der Waals surface area contributed by atoms with Crippen molar-refractivity contribution in [3.63, 3.8) is 0 Å². The van der Waals surface area contributed by atoms with E-state index in [1.807, 2.05) is 24.8 Å². The SMILES string of the molecule is CCNC(=NCC(C)c1ccccc1)NC1CCN(C(=O)C(C)C)C1.I. The average Bonchev–Trinajstić information content (AvgIpc) is 3.08. The lowest BCUT2D eigenvalue weighted by atomic mass is 10.0. The second-order valence-electron chi connectivity index (χ2n) is 7.10. The quantitative estimate of drug-likeness (QED) is 0.380. The zero-order valence-corrected chi connectivity index (χ0v) is 18.7. The van der Waals surface area contributed by atoms with Crippen LogP contribution in [0.15, 0.2) is 35.3 Å². The number of amides is 1. The van der Waals surface area contributed by atoms with Crippen molar-refractivity contribution < 1.29 is 4.79 Å². The molecular weight excluding hydrogens is 439 g/mol. The van der Waals surface area contributed by atoms with E-state index in [1.165, 1.54) is 5.56 Å². The zero-order chi connectivity index (χ0) is 18.2. The molecule has 0 saturated carbocycles. The Hall–Kier alpha value is -1.31. The molecule has 1 fully saturated rings. The first-order chi connectivity index (χ1) is 12.0. The highest BCUT2D eigenvalue weighted by Crippen LogP contribution is 2.15. The van der Waals surface area contributed by atoms with E-state index < -0.39 is 0 Å². The minimum atomic E-state index is 0. The van der Waals surface area contributed by atoms with Gasteiger partial charge in [0.15, 0.2) is 5.96 Å². The molecule has 1 aromatic rings. The van der Waals surface area contributed by atoms with Gasteiger partial charge >= 0.3 is 0 Å². The molecule has 2 N–H and O–H groups in total. The summed E-state index contributed by atoms with van der Waals surface area (Å²) in [4.78, 5) is 18.8. The summed E-state index contributed by atoms with van der Waals surface area (Å²) in [6.45, 7) is 11.3. The number of carbonyl (C=O) groups is 1. The van der Waals surface area contributed by atoms with Crippen molar-refractivity contribution in [1.29, 1.82) is 0 Å². The number of nitrogens with one attached hydrogen (secondary N) is 2. The molecule has 1 aliphatic heterocycles. The van der Waals surface area contributed by atoms with Gasteiger partial charge in [-0.25, -0.2) is 0 Å². The standard InChI is InChI=1S/C20H32N4O.HI/c1-5-21-20(22-13-16(4)17-9-7-6-8-10-17)23-18-11-12-24(14-18)19(25)15(2)3;/h6-10,15-16,18H,5,11-14H2,1-4H3,(H2,21,22,23);1H. The Morgan fingerprint density at radius 1 is 1.27 bits per heavy atom. The van der Waals surface area contributed by atoms with Gasteiger partial charge in [0.05, 0.1) is 0 Å². The normalized spacial score (nSPS) is 18.4. The molecule has 5 nitrogen and oxygen atoms in total. The molecule has 1 saturated heterocycles. The van der Waals surface area contributed by atoms with Gasteiger partial charge in [0.1, 0.15) is 0 Å². The van der Waals surface area contributed by atoms with Gasteiger partial charge in [-0.1, -0.05) is 51.1 Å². The molecule has 0 radical (unpaired) electrons. The highest BCUT2D eigenvalue weighted by molar-refractivity contribution is 14.0. The topological polar surface area (TPSA) is 56.7 Å². The first-order valence-electron chi connectivity index (χ1n) is 9.39. The lowest BCUT2D eigenvalue weighted by molar-refractivity contribution is -0.133. The van der Waals surface area contributed by atoms with E-state index in [4.69, 9.17) is 4.99 Å². The predicted molar refractivity (Wildman–Crippen MR) is 119 cm³/mol. The molecule has 0 bridgehead atoms. The average molecular weight is 472 g/mol. The van der Waals surface area contributed by atoms with Gasteiger partial charge in [0.25, 0.3) is 0 Å². The van der Waals surface area contributed by atoms with E-state index in [-0.39, 0.29) is 41.8 Å². The lowest BCUT2D eigenvalue weighted by Gasteiger charge is -2.20. The van der Waals surface area contributed by atoms with Crippen LogP contribution in [0.5, 0.6) is 0 Å². The van der Waals surface area contributed by atoms with Crippen molar-refractivity contribution in [2.75, 3.05) is 26.2 Å². The fourth-order valence-corrected chi connectivity index (χ4v) is 3.07. The second-order valence-corrected chi connectivity index (χ2v) is 7.10. The van der Waals surface area contributed by atoms with Crippen LogP contribution in [-0.4, -0.2) is 49.0 Å². The van der Waals surface area contributed by atoms with Gasteiger partial charge < -0.3 is 15.5 Å². The van der Waals surface area contributed by atoms with E-state index in [2.05, 4.69) is 48.7 Å². The van der Waals surface area contributed by atoms with Crippen LogP contribution in [0.25, 0.3) is 0 Å². The van der Waals surface area contributed by atoms with Crippen LogP contribution >= 0.6 is 24.0 Å². The third-order valence-electron chi connectivity index (χ3n) is 4.57. The van der Waals surface area contributed by atoms with Gasteiger partial charge in [-0.05, 0) is 18.9 Å². The van der Waals surface area contributed by atoms with Crippen molar-refractivity contribution in [1.82, 2.24) is 15.5 Å². The van der Waals surface area contributed by atoms with Gasteiger partial charge in [-0.3, -0.25) is 9.79 Å². The summed E-state index contributed by atoms with van der Waals surface area (Å²) in [5, 5.41) is 6.81. The van der Waals surface area contributed by atoms with Crippen molar-refractivity contribution in [2.45, 2.75) is 46.1 Å². The van der Waals surface area contributed by atoms with Gasteiger partial charge in [-0.15, -0.1) is 24.0 Å². The fourth-order valence-electron chi connectivity index (χ4n) is 3.07. The van der Waals surface area contributed by atoms with E-state index >= 15 is 0 Å². The molecule has 6 heteroatoms. The molecular formula is C20H33IN4O. The molecule has 2 rings (SSSR count). The number of halogens is 1. The number of likely N-dealkylation sites (tertiary alicyclic amines) is 1. The van der Waals surface area contributed by atoms with Crippen LogP contribution in [0.3, 0.4) is 0 Å². The number of hydrogen-bond donors (Lipinski definition) is 2. The smallest absolute Gasteiger partial charge is 0.225 e. The molecule has 1 heterocycles. The Kier molecular flexibility index (Phi) is 9.98. The predicted octanol–water partition coefficient (Wildman–Crippen LogP) is 3.22. The molecule has 0 aromatic heterocycles. The Balaban J connectivity index is 0.00000338. The third kappa shape index (κ3) is 6.78. The van der Waals surface area contributed by atoms with E-state index in [0.29, 0.717) is 5.92 Å². The molecule has 1 aliphatic rings. The number of benzene rings is 1. The second kappa shape index (κ2) is 11.4. The molecule has 2 unspecified atom stereocenters. The first-order valence-corrected chi connectivity index (χ1v) is 9.39. The van der Waals surface area contributed by atoms with E-state index in [0.717, 1.165) is 38.6 Å². The molecule has 1 aromatic carbocycles. The summed E-state index contributed by atoms with van der Waals surface area (Å²) in [6.07, 6.45) is 0.969. The highest BCUT2D eigenvalue weighted by Gasteiger charge is 2.27. The molecule has 26 heavy (non-hydrogen) atoms. The monoisotopic (exact) mass is 472 g/mol. The summed E-state index contributed by atoms with van der Waals surface area (Å²) in [5.41, 5.74) is 1.30. The maximum atomic E-state index is 12.1. The first kappa shape index (κ1) is 22.7. The number of nitrogens with zero attached hydrogens (tertiary/aromatic N) is 2. The molecule has 1 amide bonds. The van der Waals surface area contributed by atoms with Crippen LogP contribution in [0.1, 0.15) is 45.6 Å². The van der Waals surface area contributed by atoms with Crippen LogP contribution < -0.4 is 10.6 Å². The zero-order valence-electron chi connectivity index (χ0n) is 16.4. The minimum Gasteiger partial charge on any atom is -0.357 e. The summed E-state index contributed by atoms with van der Waals surface area (Å²) in [7, 11) is 0. The maximum Gasteiger partial charge on any atom is 0.225 e. The molecule has 2 atom stereocenters. The largest absolute Gasteiger partial charge is 0.357 e. The fraction of sp³-hybridized carbons (Fsp3) is 0.600. The number of aliphatic imine (C=N–C) groups is 1. The number of hydrogen-bond acceptors (Lipinski definition) is 2. The van der Waals surface area contributed by atoms with Crippen LogP contribution in [-0.2, 0) is 4.79 Å². The van der Waals surface area contributed by atoms with Gasteiger partial charge in [0, 0.05) is 44.1 Å². The van der Waals surface area contributed by atoms with Crippen molar-refractivity contribution in [3.05, 3.63) is 35.9 Å². The summed E-state index contributed by atoms with van der Waals surface area (Å²) in [6, 6.07) is 10.7. The number of carbonyl (C=O) groups excluding carboxylic acids is 1.